The van der Waals surface area contributed by atoms with Crippen LogP contribution in [0.15, 0.2) is 170 Å². The Kier molecular flexibility index (Phi) is 6.05. The van der Waals surface area contributed by atoms with E-state index in [2.05, 4.69) is 158 Å². The molecule has 0 saturated carbocycles. The Morgan fingerprint density at radius 3 is 1.35 bits per heavy atom. The highest BCUT2D eigenvalue weighted by atomic mass is 14.9. The third-order valence-electron chi connectivity index (χ3n) is 8.58. The summed E-state index contributed by atoms with van der Waals surface area (Å²) in [6, 6.07) is 60.2. The van der Waals surface area contributed by atoms with Crippen LogP contribution in [0.1, 0.15) is 22.3 Å². The second kappa shape index (κ2) is 10.3. The molecule has 2 heteroatoms. The largest absolute Gasteiger partial charge is 0.228 e. The number of aromatic nitrogens is 2. The van der Waals surface area contributed by atoms with Crippen LogP contribution in [0.3, 0.4) is 0 Å². The van der Waals surface area contributed by atoms with Gasteiger partial charge >= 0.3 is 0 Å². The van der Waals surface area contributed by atoms with Gasteiger partial charge in [0.1, 0.15) is 0 Å². The first-order chi connectivity index (χ1) is 21.3. The van der Waals surface area contributed by atoms with Gasteiger partial charge in [-0.2, -0.15) is 0 Å². The summed E-state index contributed by atoms with van der Waals surface area (Å²) in [5.74, 6) is 0.713. The molecule has 202 valence electrons. The van der Waals surface area contributed by atoms with Gasteiger partial charge in [-0.3, -0.25) is 0 Å². The topological polar surface area (TPSA) is 25.8 Å². The SMILES string of the molecule is c1ccc(-c2cc(-c3ccccc3)nc(-c3cccc(C4(c5ccccc5)c5ccccc5-c5ccccc54)c3)n2)cc1. The van der Waals surface area contributed by atoms with Gasteiger partial charge in [-0.15, -0.1) is 0 Å². The summed E-state index contributed by atoms with van der Waals surface area (Å²) in [5.41, 5.74) is 12.1. The zero-order valence-corrected chi connectivity index (χ0v) is 23.6. The van der Waals surface area contributed by atoms with Gasteiger partial charge in [-0.05, 0) is 45.5 Å². The molecule has 0 atom stereocenters. The van der Waals surface area contributed by atoms with E-state index < -0.39 is 5.41 Å². The van der Waals surface area contributed by atoms with Crippen molar-refractivity contribution in [1.29, 1.82) is 0 Å². The number of rotatable bonds is 5. The maximum Gasteiger partial charge on any atom is 0.160 e. The average molecular weight is 549 g/mol. The zero-order chi connectivity index (χ0) is 28.6. The molecule has 6 aromatic carbocycles. The second-order valence-electron chi connectivity index (χ2n) is 11.0. The predicted octanol–water partition coefficient (Wildman–Crippen LogP) is 9.84. The molecule has 0 fully saturated rings. The standard InChI is InChI=1S/C41H28N2/c1-4-15-29(16-5-1)38-28-39(30-17-6-2-7-18-30)43-40(42-38)31-19-14-22-33(27-31)41(32-20-8-3-9-21-32)36-25-12-10-23-34(36)35-24-11-13-26-37(35)41/h1-28H. The van der Waals surface area contributed by atoms with Crippen molar-refractivity contribution in [3.63, 3.8) is 0 Å². The van der Waals surface area contributed by atoms with Crippen molar-refractivity contribution in [1.82, 2.24) is 9.97 Å². The molecule has 0 radical (unpaired) electrons. The van der Waals surface area contributed by atoms with Crippen LogP contribution in [0.5, 0.6) is 0 Å². The predicted molar refractivity (Wildman–Crippen MR) is 176 cm³/mol. The van der Waals surface area contributed by atoms with E-state index in [0.717, 1.165) is 28.1 Å². The quantitative estimate of drug-likeness (QED) is 0.214. The van der Waals surface area contributed by atoms with Crippen LogP contribution in [0.4, 0.5) is 0 Å². The fraction of sp³-hybridized carbons (Fsp3) is 0.0244. The first-order valence-corrected chi connectivity index (χ1v) is 14.7. The van der Waals surface area contributed by atoms with E-state index in [1.165, 1.54) is 33.4 Å². The van der Waals surface area contributed by atoms with Gasteiger partial charge in [0.15, 0.2) is 5.82 Å². The minimum Gasteiger partial charge on any atom is -0.228 e. The number of hydrogen-bond donors (Lipinski definition) is 0. The molecular weight excluding hydrogens is 520 g/mol. The van der Waals surface area contributed by atoms with E-state index in [0.29, 0.717) is 5.82 Å². The monoisotopic (exact) mass is 548 g/mol. The van der Waals surface area contributed by atoms with Gasteiger partial charge in [-0.1, -0.05) is 158 Å². The molecule has 7 aromatic rings. The second-order valence-corrected chi connectivity index (χ2v) is 11.0. The summed E-state index contributed by atoms with van der Waals surface area (Å²) >= 11 is 0. The van der Waals surface area contributed by atoms with Crippen LogP contribution in [0.25, 0.3) is 45.0 Å². The molecular formula is C41H28N2. The van der Waals surface area contributed by atoms with Gasteiger partial charge in [0, 0.05) is 16.7 Å². The number of fused-ring (bicyclic) bond motifs is 3. The Morgan fingerprint density at radius 1 is 0.349 bits per heavy atom. The third kappa shape index (κ3) is 4.11. The lowest BCUT2D eigenvalue weighted by molar-refractivity contribution is 0.768. The van der Waals surface area contributed by atoms with Crippen LogP contribution in [0, 0.1) is 0 Å². The average Bonchev–Trinajstić information content (AvgIpc) is 3.40. The maximum absolute atomic E-state index is 5.14. The van der Waals surface area contributed by atoms with Crippen molar-refractivity contribution in [3.8, 4) is 45.0 Å². The summed E-state index contributed by atoms with van der Waals surface area (Å²) in [7, 11) is 0. The normalized spacial score (nSPS) is 12.8. The van der Waals surface area contributed by atoms with Gasteiger partial charge in [0.25, 0.3) is 0 Å². The van der Waals surface area contributed by atoms with Crippen LogP contribution in [-0.4, -0.2) is 9.97 Å². The van der Waals surface area contributed by atoms with E-state index in [1.807, 2.05) is 12.1 Å². The highest BCUT2D eigenvalue weighted by molar-refractivity contribution is 5.86. The van der Waals surface area contributed by atoms with Crippen molar-refractivity contribution in [2.45, 2.75) is 5.41 Å². The molecule has 1 aromatic heterocycles. The van der Waals surface area contributed by atoms with Crippen molar-refractivity contribution < 1.29 is 0 Å². The summed E-state index contributed by atoms with van der Waals surface area (Å²) in [4.78, 5) is 10.3. The Labute approximate surface area is 252 Å². The summed E-state index contributed by atoms with van der Waals surface area (Å²) in [6.07, 6.45) is 0. The molecule has 1 heterocycles. The van der Waals surface area contributed by atoms with Crippen molar-refractivity contribution in [2.75, 3.05) is 0 Å². The van der Waals surface area contributed by atoms with Gasteiger partial charge < -0.3 is 0 Å². The van der Waals surface area contributed by atoms with Crippen LogP contribution >= 0.6 is 0 Å². The van der Waals surface area contributed by atoms with E-state index in [9.17, 15) is 0 Å². The Balaban J connectivity index is 1.38. The highest BCUT2D eigenvalue weighted by Gasteiger charge is 2.45. The molecule has 0 unspecified atom stereocenters. The number of benzene rings is 6. The molecule has 0 N–H and O–H groups in total. The van der Waals surface area contributed by atoms with E-state index >= 15 is 0 Å². The molecule has 0 bridgehead atoms. The third-order valence-corrected chi connectivity index (χ3v) is 8.58. The fourth-order valence-corrected chi connectivity index (χ4v) is 6.69. The lowest BCUT2D eigenvalue weighted by Crippen LogP contribution is -2.28. The molecule has 0 aliphatic heterocycles. The minimum absolute atomic E-state index is 0.468. The van der Waals surface area contributed by atoms with Crippen molar-refractivity contribution >= 4 is 0 Å². The lowest BCUT2D eigenvalue weighted by atomic mass is 9.67. The molecule has 43 heavy (non-hydrogen) atoms. The van der Waals surface area contributed by atoms with Gasteiger partial charge in [0.05, 0.1) is 16.8 Å². The smallest absolute Gasteiger partial charge is 0.160 e. The van der Waals surface area contributed by atoms with Crippen LogP contribution in [-0.2, 0) is 5.41 Å². The Bertz CT molecular complexity index is 1960. The van der Waals surface area contributed by atoms with E-state index in [4.69, 9.17) is 9.97 Å². The molecule has 0 spiro atoms. The highest BCUT2D eigenvalue weighted by Crippen LogP contribution is 2.56. The van der Waals surface area contributed by atoms with Crippen LogP contribution < -0.4 is 0 Å². The molecule has 0 amide bonds. The first kappa shape index (κ1) is 25.1. The summed E-state index contributed by atoms with van der Waals surface area (Å²) in [5, 5.41) is 0. The Morgan fingerprint density at radius 2 is 0.791 bits per heavy atom. The Hall–Kier alpha value is -5.60. The molecule has 2 nitrogen and oxygen atoms in total. The molecule has 1 aliphatic rings. The van der Waals surface area contributed by atoms with Crippen molar-refractivity contribution in [2.24, 2.45) is 0 Å². The summed E-state index contributed by atoms with van der Waals surface area (Å²) < 4.78 is 0. The number of nitrogens with zero attached hydrogens (tertiary/aromatic N) is 2. The lowest BCUT2D eigenvalue weighted by Gasteiger charge is -2.34. The molecule has 1 aliphatic carbocycles. The summed E-state index contributed by atoms with van der Waals surface area (Å²) in [6.45, 7) is 0. The zero-order valence-electron chi connectivity index (χ0n) is 23.6. The van der Waals surface area contributed by atoms with E-state index in [-0.39, 0.29) is 0 Å². The molecule has 0 saturated heterocycles. The van der Waals surface area contributed by atoms with Gasteiger partial charge in [0.2, 0.25) is 0 Å². The van der Waals surface area contributed by atoms with Crippen molar-refractivity contribution in [3.05, 3.63) is 192 Å². The molecule has 8 rings (SSSR count). The minimum atomic E-state index is -0.468. The number of hydrogen-bond acceptors (Lipinski definition) is 2. The van der Waals surface area contributed by atoms with E-state index in [1.54, 1.807) is 0 Å². The fourth-order valence-electron chi connectivity index (χ4n) is 6.69. The maximum atomic E-state index is 5.14. The first-order valence-electron chi connectivity index (χ1n) is 14.7. The van der Waals surface area contributed by atoms with Gasteiger partial charge in [-0.25, -0.2) is 9.97 Å². The van der Waals surface area contributed by atoms with Crippen LogP contribution in [0.2, 0.25) is 0 Å².